The topological polar surface area (TPSA) is 119 Å². The van der Waals surface area contributed by atoms with E-state index in [1.165, 1.54) is 16.4 Å². The lowest BCUT2D eigenvalue weighted by atomic mass is 10.2. The molecule has 9 nitrogen and oxygen atoms in total. The highest BCUT2D eigenvalue weighted by Crippen LogP contribution is 2.24. The molecule has 152 valence electrons. The molecule has 2 aromatic heterocycles. The molecule has 1 aliphatic rings. The van der Waals surface area contributed by atoms with Crippen LogP contribution >= 0.6 is 0 Å². The van der Waals surface area contributed by atoms with Gasteiger partial charge in [0.05, 0.1) is 11.4 Å². The van der Waals surface area contributed by atoms with Gasteiger partial charge in [-0.25, -0.2) is 8.42 Å². The predicted octanol–water partition coefficient (Wildman–Crippen LogP) is 2.35. The quantitative estimate of drug-likeness (QED) is 0.655. The second-order valence-corrected chi connectivity index (χ2v) is 8.68. The van der Waals surface area contributed by atoms with Crippen molar-refractivity contribution in [3.05, 3.63) is 53.8 Å². The number of carbonyl (C=O) groups excluding carboxylic acids is 1. The number of benzene rings is 1. The molecule has 3 heterocycles. The summed E-state index contributed by atoms with van der Waals surface area (Å²) in [6, 6.07) is 9.76. The van der Waals surface area contributed by atoms with E-state index in [1.807, 2.05) is 6.92 Å². The van der Waals surface area contributed by atoms with Gasteiger partial charge in [-0.3, -0.25) is 4.79 Å². The molecule has 3 aromatic rings. The molecule has 1 N–H and O–H groups in total. The molecule has 4 rings (SSSR count). The number of amides is 1. The van der Waals surface area contributed by atoms with Crippen molar-refractivity contribution in [2.24, 2.45) is 0 Å². The van der Waals surface area contributed by atoms with E-state index in [-0.39, 0.29) is 23.2 Å². The minimum absolute atomic E-state index is 0.133. The summed E-state index contributed by atoms with van der Waals surface area (Å²) in [6.07, 6.45) is 1.76. The van der Waals surface area contributed by atoms with Crippen molar-refractivity contribution in [2.75, 3.05) is 13.1 Å². The third-order valence-electron chi connectivity index (χ3n) is 4.64. The second-order valence-electron chi connectivity index (χ2n) is 6.74. The summed E-state index contributed by atoms with van der Waals surface area (Å²) in [7, 11) is -3.48. The number of furan rings is 1. The van der Waals surface area contributed by atoms with Crippen molar-refractivity contribution in [1.82, 2.24) is 19.8 Å². The minimum Gasteiger partial charge on any atom is -0.465 e. The van der Waals surface area contributed by atoms with Crippen molar-refractivity contribution in [3.63, 3.8) is 0 Å². The highest BCUT2D eigenvalue weighted by atomic mass is 32.2. The first-order chi connectivity index (χ1) is 13.9. The van der Waals surface area contributed by atoms with Crippen LogP contribution in [0.4, 0.5) is 0 Å². The van der Waals surface area contributed by atoms with E-state index in [1.54, 1.807) is 24.3 Å². The van der Waals surface area contributed by atoms with Gasteiger partial charge in [-0.2, -0.15) is 4.31 Å². The standard InChI is InChI=1S/C19H20N4O5S/c1-13-4-7-15(27-13)12-20-17(24)19-22-21-18(28-19)14-5-8-16(9-6-14)29(25,26)23-10-2-3-11-23/h4-9H,2-3,10-12H2,1H3,(H,20,24). The zero-order chi connectivity index (χ0) is 20.4. The largest absolute Gasteiger partial charge is 0.465 e. The van der Waals surface area contributed by atoms with Crippen LogP contribution in [0.1, 0.15) is 35.0 Å². The molecule has 0 bridgehead atoms. The molecule has 0 atom stereocenters. The van der Waals surface area contributed by atoms with Crippen LogP contribution in [0.3, 0.4) is 0 Å². The SMILES string of the molecule is Cc1ccc(CNC(=O)c2nnc(-c3ccc(S(=O)(=O)N4CCCC4)cc3)o2)o1. The van der Waals surface area contributed by atoms with Gasteiger partial charge in [0.2, 0.25) is 15.9 Å². The molecule has 10 heteroatoms. The van der Waals surface area contributed by atoms with Crippen LogP contribution in [0.5, 0.6) is 0 Å². The molecule has 1 amide bonds. The Balaban J connectivity index is 1.44. The van der Waals surface area contributed by atoms with Crippen molar-refractivity contribution < 1.29 is 22.0 Å². The van der Waals surface area contributed by atoms with Crippen LogP contribution < -0.4 is 5.32 Å². The fourth-order valence-corrected chi connectivity index (χ4v) is 4.62. The Morgan fingerprint density at radius 1 is 1.07 bits per heavy atom. The number of aromatic nitrogens is 2. The molecule has 1 aromatic carbocycles. The summed E-state index contributed by atoms with van der Waals surface area (Å²) >= 11 is 0. The summed E-state index contributed by atoms with van der Waals surface area (Å²) in [5.41, 5.74) is 0.526. The number of hydrogen-bond acceptors (Lipinski definition) is 7. The molecule has 0 radical (unpaired) electrons. The second kappa shape index (κ2) is 7.80. The maximum absolute atomic E-state index is 12.6. The molecule has 29 heavy (non-hydrogen) atoms. The first-order valence-corrected chi connectivity index (χ1v) is 10.6. The Hall–Kier alpha value is -2.98. The van der Waals surface area contributed by atoms with Gasteiger partial charge >= 0.3 is 11.8 Å². The van der Waals surface area contributed by atoms with E-state index in [9.17, 15) is 13.2 Å². The van der Waals surface area contributed by atoms with Gasteiger partial charge in [0.25, 0.3) is 0 Å². The van der Waals surface area contributed by atoms with E-state index in [4.69, 9.17) is 8.83 Å². The molecular formula is C19H20N4O5S. The molecular weight excluding hydrogens is 396 g/mol. The zero-order valence-corrected chi connectivity index (χ0v) is 16.6. The molecule has 1 saturated heterocycles. The van der Waals surface area contributed by atoms with Crippen molar-refractivity contribution in [1.29, 1.82) is 0 Å². The Labute approximate surface area is 167 Å². The summed E-state index contributed by atoms with van der Waals surface area (Å²) in [5, 5.41) is 10.3. The van der Waals surface area contributed by atoms with Gasteiger partial charge in [0.15, 0.2) is 0 Å². The number of carbonyl (C=O) groups is 1. The van der Waals surface area contributed by atoms with Gasteiger partial charge in [-0.1, -0.05) is 0 Å². The minimum atomic E-state index is -3.48. The molecule has 0 spiro atoms. The fourth-order valence-electron chi connectivity index (χ4n) is 3.10. The van der Waals surface area contributed by atoms with Gasteiger partial charge < -0.3 is 14.2 Å². The van der Waals surface area contributed by atoms with Gasteiger partial charge in [-0.15, -0.1) is 10.2 Å². The summed E-state index contributed by atoms with van der Waals surface area (Å²) < 4.78 is 37.5. The van der Waals surface area contributed by atoms with Gasteiger partial charge in [0, 0.05) is 18.7 Å². The summed E-state index contributed by atoms with van der Waals surface area (Å²) in [4.78, 5) is 12.4. The van der Waals surface area contributed by atoms with Crippen LogP contribution in [0.15, 0.2) is 50.1 Å². The molecule has 1 fully saturated rings. The van der Waals surface area contributed by atoms with E-state index < -0.39 is 15.9 Å². The average molecular weight is 416 g/mol. The zero-order valence-electron chi connectivity index (χ0n) is 15.8. The monoisotopic (exact) mass is 416 g/mol. The Bertz CT molecular complexity index is 1110. The summed E-state index contributed by atoms with van der Waals surface area (Å²) in [6.45, 7) is 3.11. The van der Waals surface area contributed by atoms with Crippen LogP contribution in [-0.2, 0) is 16.6 Å². The van der Waals surface area contributed by atoms with Gasteiger partial charge in [-0.05, 0) is 56.2 Å². The van der Waals surface area contributed by atoms with Crippen molar-refractivity contribution >= 4 is 15.9 Å². The summed E-state index contributed by atoms with van der Waals surface area (Å²) in [5.74, 6) is 0.798. The van der Waals surface area contributed by atoms with Crippen LogP contribution in [0, 0.1) is 6.92 Å². The Morgan fingerprint density at radius 3 is 2.45 bits per heavy atom. The maximum Gasteiger partial charge on any atom is 0.309 e. The van der Waals surface area contributed by atoms with E-state index in [0.717, 1.165) is 18.6 Å². The highest BCUT2D eigenvalue weighted by molar-refractivity contribution is 7.89. The lowest BCUT2D eigenvalue weighted by Crippen LogP contribution is -2.27. The first-order valence-electron chi connectivity index (χ1n) is 9.21. The van der Waals surface area contributed by atoms with E-state index in [2.05, 4.69) is 15.5 Å². The smallest absolute Gasteiger partial charge is 0.309 e. The average Bonchev–Trinajstić information content (AvgIpc) is 3.47. The molecule has 0 saturated carbocycles. The van der Waals surface area contributed by atoms with Gasteiger partial charge in [0.1, 0.15) is 11.5 Å². The third kappa shape index (κ3) is 4.08. The van der Waals surface area contributed by atoms with Crippen LogP contribution in [0.2, 0.25) is 0 Å². The lowest BCUT2D eigenvalue weighted by Gasteiger charge is -2.15. The Morgan fingerprint density at radius 2 is 1.79 bits per heavy atom. The normalized spacial score (nSPS) is 14.9. The van der Waals surface area contributed by atoms with E-state index in [0.29, 0.717) is 24.4 Å². The molecule has 0 unspecified atom stereocenters. The van der Waals surface area contributed by atoms with E-state index >= 15 is 0 Å². The predicted molar refractivity (Wildman–Crippen MR) is 102 cm³/mol. The number of rotatable bonds is 6. The number of sulfonamides is 1. The third-order valence-corrected chi connectivity index (χ3v) is 6.56. The van der Waals surface area contributed by atoms with Crippen molar-refractivity contribution in [2.45, 2.75) is 31.2 Å². The van der Waals surface area contributed by atoms with Crippen LogP contribution in [-0.4, -0.2) is 41.9 Å². The van der Waals surface area contributed by atoms with Crippen LogP contribution in [0.25, 0.3) is 11.5 Å². The molecule has 1 aliphatic heterocycles. The Kier molecular flexibility index (Phi) is 5.20. The number of aryl methyl sites for hydroxylation is 1. The fraction of sp³-hybridized carbons (Fsp3) is 0.316. The first kappa shape index (κ1) is 19.3. The maximum atomic E-state index is 12.6. The lowest BCUT2D eigenvalue weighted by molar-refractivity contribution is 0.0913. The number of nitrogens with zero attached hydrogens (tertiary/aromatic N) is 3. The molecule has 0 aliphatic carbocycles. The number of nitrogens with one attached hydrogen (secondary N) is 1. The highest BCUT2D eigenvalue weighted by Gasteiger charge is 2.27. The number of hydrogen-bond donors (Lipinski definition) is 1. The van der Waals surface area contributed by atoms with Crippen molar-refractivity contribution in [3.8, 4) is 11.5 Å².